The van der Waals surface area contributed by atoms with E-state index in [0.29, 0.717) is 11.3 Å². The van der Waals surface area contributed by atoms with Crippen LogP contribution in [0.15, 0.2) is 218 Å². The Kier molecular flexibility index (Phi) is 9.58. The smallest absolute Gasteiger partial charge is 0.194 e. The lowest BCUT2D eigenvalue weighted by Crippen LogP contribution is -2.10. The molecular weight excluding hydrogens is 777 g/mol. The first-order chi connectivity index (χ1) is 31.7. The van der Waals surface area contributed by atoms with E-state index in [1.807, 2.05) is 60.7 Å². The summed E-state index contributed by atoms with van der Waals surface area (Å²) >= 11 is 0. The van der Waals surface area contributed by atoms with Crippen LogP contribution in [0.3, 0.4) is 0 Å². The van der Waals surface area contributed by atoms with Crippen molar-refractivity contribution in [1.29, 1.82) is 5.26 Å². The van der Waals surface area contributed by atoms with Crippen LogP contribution in [0.4, 0.5) is 34.1 Å². The van der Waals surface area contributed by atoms with E-state index in [1.165, 1.54) is 44.5 Å². The largest absolute Gasteiger partial charge is 0.309 e. The molecule has 0 bridgehead atoms. The highest BCUT2D eigenvalue weighted by Crippen LogP contribution is 2.52. The molecule has 2 aliphatic rings. The summed E-state index contributed by atoms with van der Waals surface area (Å²) in [7, 11) is 0. The van der Waals surface area contributed by atoms with Crippen molar-refractivity contribution in [3.63, 3.8) is 0 Å². The number of hydrogen-bond acceptors (Lipinski definition) is 3. The predicted octanol–water partition coefficient (Wildman–Crippen LogP) is 16.4. The van der Waals surface area contributed by atoms with E-state index in [4.69, 9.17) is 6.57 Å². The summed E-state index contributed by atoms with van der Waals surface area (Å²) in [4.78, 5) is 8.59. The van der Waals surface area contributed by atoms with E-state index in [9.17, 15) is 5.26 Å². The third-order valence-electron chi connectivity index (χ3n) is 12.2. The molecule has 0 saturated carbocycles. The Bertz CT molecular complexity index is 3040. The summed E-state index contributed by atoms with van der Waals surface area (Å²) in [5.74, 6) is 0. The maximum Gasteiger partial charge on any atom is 0.194 e. The second kappa shape index (κ2) is 16.1. The normalized spacial score (nSPS) is 12.5. The number of hydrogen-bond donors (Lipinski definition) is 0. The fourth-order valence-electron chi connectivity index (χ4n) is 9.25. The molecule has 2 heterocycles. The zero-order valence-electron chi connectivity index (χ0n) is 34.7. The summed E-state index contributed by atoms with van der Waals surface area (Å²) in [6.45, 7) is 8.14. The first-order valence-electron chi connectivity index (χ1n) is 21.3. The van der Waals surface area contributed by atoms with Crippen LogP contribution in [0.1, 0.15) is 22.3 Å². The predicted molar refractivity (Wildman–Crippen MR) is 266 cm³/mol. The first kappa shape index (κ1) is 38.0. The Balaban J connectivity index is 0.857. The molecule has 0 aliphatic carbocycles. The van der Waals surface area contributed by atoms with Crippen LogP contribution >= 0.6 is 0 Å². The lowest BCUT2D eigenvalue weighted by molar-refractivity contribution is 1.29. The molecule has 0 fully saturated rings. The highest BCUT2D eigenvalue weighted by atomic mass is 15.2. The molecule has 0 radical (unpaired) electrons. The summed E-state index contributed by atoms with van der Waals surface area (Å²) in [5.41, 5.74) is 20.6. The van der Waals surface area contributed by atoms with Crippen molar-refractivity contribution in [3.05, 3.63) is 252 Å². The summed E-state index contributed by atoms with van der Waals surface area (Å²) < 4.78 is 0. The fourth-order valence-corrected chi connectivity index (χ4v) is 9.25. The third-order valence-corrected chi connectivity index (χ3v) is 12.2. The highest BCUT2D eigenvalue weighted by molar-refractivity contribution is 6.04. The van der Waals surface area contributed by atoms with Gasteiger partial charge < -0.3 is 9.80 Å². The Labute approximate surface area is 373 Å². The molecule has 0 saturated heterocycles. The SMILES string of the molecule is [C-]#[N+]C(=Cc1ccc(C=C(C#N)c2ccc(N3c4ccccc4-c4ccccc4-c4ccccc43)cc2)cc1)c1ccc(N2c3ccccc3-c3ccccc3-c3ccccc32)cc1. The van der Waals surface area contributed by atoms with Gasteiger partial charge in [0.1, 0.15) is 0 Å². The van der Waals surface area contributed by atoms with Crippen molar-refractivity contribution in [3.8, 4) is 50.6 Å². The number of nitrogens with zero attached hydrogens (tertiary/aromatic N) is 4. The van der Waals surface area contributed by atoms with Gasteiger partial charge >= 0.3 is 0 Å². The highest BCUT2D eigenvalue weighted by Gasteiger charge is 2.27. The third kappa shape index (κ3) is 6.64. The van der Waals surface area contributed by atoms with Crippen molar-refractivity contribution in [2.75, 3.05) is 9.80 Å². The lowest BCUT2D eigenvalue weighted by Gasteiger charge is -2.27. The molecule has 9 aromatic carbocycles. The second-order valence-corrected chi connectivity index (χ2v) is 15.9. The standard InChI is InChI=1S/C60H38N4/c1-62-56(44-32-36-47(37-33-44)64-59-24-12-8-20-54(59)50-16-4-5-17-51(50)55-21-9-13-25-60(55)64)39-42-28-26-41(27-29-42)38-45(40-61)43-30-34-46(35-31-43)63-57-22-10-6-18-52(57)48-14-2-3-15-49(48)53-19-7-11-23-58(53)63/h2-39H. The van der Waals surface area contributed by atoms with Crippen molar-refractivity contribution in [2.24, 2.45) is 0 Å². The molecule has 0 atom stereocenters. The molecule has 4 heteroatoms. The van der Waals surface area contributed by atoms with Gasteiger partial charge in [-0.25, -0.2) is 4.85 Å². The average Bonchev–Trinajstić information content (AvgIpc) is 3.57. The minimum absolute atomic E-state index is 0.551. The van der Waals surface area contributed by atoms with E-state index in [-0.39, 0.29) is 0 Å². The monoisotopic (exact) mass is 814 g/mol. The van der Waals surface area contributed by atoms with Crippen LogP contribution in [0.2, 0.25) is 0 Å². The van der Waals surface area contributed by atoms with Crippen LogP contribution in [0, 0.1) is 17.9 Å². The molecule has 0 unspecified atom stereocenters. The Morgan fingerprint density at radius 3 is 1.03 bits per heavy atom. The van der Waals surface area contributed by atoms with Gasteiger partial charge in [0.15, 0.2) is 5.70 Å². The van der Waals surface area contributed by atoms with Crippen molar-refractivity contribution in [1.82, 2.24) is 0 Å². The van der Waals surface area contributed by atoms with Gasteiger partial charge in [-0.1, -0.05) is 170 Å². The minimum Gasteiger partial charge on any atom is -0.309 e. The molecule has 0 N–H and O–H groups in total. The van der Waals surface area contributed by atoms with E-state index >= 15 is 0 Å². The van der Waals surface area contributed by atoms with Gasteiger partial charge in [0.2, 0.25) is 0 Å². The van der Waals surface area contributed by atoms with E-state index in [1.54, 1.807) is 0 Å². The minimum atomic E-state index is 0.551. The van der Waals surface area contributed by atoms with Crippen LogP contribution in [0.5, 0.6) is 0 Å². The fraction of sp³-hybridized carbons (Fsp3) is 0. The van der Waals surface area contributed by atoms with Crippen LogP contribution < -0.4 is 9.80 Å². The number of fused-ring (bicyclic) bond motifs is 10. The van der Waals surface area contributed by atoms with Crippen LogP contribution in [0.25, 0.3) is 72.8 Å². The van der Waals surface area contributed by atoms with Gasteiger partial charge in [-0.05, 0) is 105 Å². The Hall–Kier alpha value is -8.96. The zero-order chi connectivity index (χ0) is 43.0. The molecule has 2 aliphatic heterocycles. The topological polar surface area (TPSA) is 34.6 Å². The van der Waals surface area contributed by atoms with E-state index in [0.717, 1.165) is 56.4 Å². The van der Waals surface area contributed by atoms with Crippen LogP contribution in [-0.2, 0) is 0 Å². The number of anilines is 6. The van der Waals surface area contributed by atoms with Gasteiger partial charge in [-0.15, -0.1) is 0 Å². The summed E-state index contributed by atoms with van der Waals surface area (Å²) in [5, 5.41) is 10.4. The molecule has 0 spiro atoms. The van der Waals surface area contributed by atoms with Crippen molar-refractivity contribution in [2.45, 2.75) is 0 Å². The molecule has 0 amide bonds. The summed E-state index contributed by atoms with van der Waals surface area (Å²) in [6, 6.07) is 78.3. The maximum atomic E-state index is 10.4. The number of nitriles is 1. The molecule has 4 nitrogen and oxygen atoms in total. The van der Waals surface area contributed by atoms with Crippen molar-refractivity contribution < 1.29 is 0 Å². The molecule has 11 rings (SSSR count). The Morgan fingerprint density at radius 2 is 0.688 bits per heavy atom. The number of para-hydroxylation sites is 4. The second-order valence-electron chi connectivity index (χ2n) is 15.9. The Morgan fingerprint density at radius 1 is 0.375 bits per heavy atom. The van der Waals surface area contributed by atoms with Gasteiger partial charge in [-0.2, -0.15) is 5.26 Å². The lowest BCUT2D eigenvalue weighted by atomic mass is 9.95. The van der Waals surface area contributed by atoms with E-state index in [2.05, 4.69) is 191 Å². The van der Waals surface area contributed by atoms with Crippen LogP contribution in [-0.4, -0.2) is 0 Å². The van der Waals surface area contributed by atoms with Gasteiger partial charge in [-0.3, -0.25) is 0 Å². The molecule has 9 aromatic rings. The van der Waals surface area contributed by atoms with Gasteiger partial charge in [0.05, 0.1) is 41.0 Å². The molecule has 0 aromatic heterocycles. The first-order valence-corrected chi connectivity index (χ1v) is 21.3. The maximum absolute atomic E-state index is 10.4. The molecule has 298 valence electrons. The number of rotatable bonds is 6. The molecular formula is C60H38N4. The molecule has 64 heavy (non-hydrogen) atoms. The number of benzene rings is 9. The summed E-state index contributed by atoms with van der Waals surface area (Å²) in [6.07, 6.45) is 3.84. The van der Waals surface area contributed by atoms with Gasteiger partial charge in [0.25, 0.3) is 0 Å². The van der Waals surface area contributed by atoms with Gasteiger partial charge in [0, 0.05) is 33.6 Å². The average molecular weight is 815 g/mol. The van der Waals surface area contributed by atoms with E-state index < -0.39 is 0 Å². The quantitative estimate of drug-likeness (QED) is 0.0953. The van der Waals surface area contributed by atoms with Crippen molar-refractivity contribution >= 4 is 57.5 Å². The number of allylic oxidation sites excluding steroid dienone is 1. The zero-order valence-corrected chi connectivity index (χ0v) is 34.7.